The average molecular weight is 167 g/mol. The lowest BCUT2D eigenvalue weighted by Crippen LogP contribution is -2.33. The molecular formula is C9H17N3. The van der Waals surface area contributed by atoms with Gasteiger partial charge in [-0.2, -0.15) is 5.26 Å². The van der Waals surface area contributed by atoms with Crippen LogP contribution in [0.4, 0.5) is 0 Å². The highest BCUT2D eigenvalue weighted by Crippen LogP contribution is 2.24. The van der Waals surface area contributed by atoms with E-state index in [9.17, 15) is 0 Å². The molecule has 0 saturated heterocycles. The van der Waals surface area contributed by atoms with Crippen molar-refractivity contribution in [2.45, 2.75) is 31.7 Å². The number of rotatable bonds is 4. The van der Waals surface area contributed by atoms with Crippen molar-refractivity contribution in [3.05, 3.63) is 0 Å². The van der Waals surface area contributed by atoms with E-state index < -0.39 is 0 Å². The Bertz CT molecular complexity index is 162. The zero-order valence-corrected chi connectivity index (χ0v) is 7.42. The first-order valence-corrected chi connectivity index (χ1v) is 4.71. The molecule has 68 valence electrons. The van der Waals surface area contributed by atoms with Gasteiger partial charge in [0.15, 0.2) is 0 Å². The predicted octanol–water partition coefficient (Wildman–Crippen LogP) is 0.617. The third-order valence-electron chi connectivity index (χ3n) is 2.47. The molecule has 1 fully saturated rings. The van der Waals surface area contributed by atoms with E-state index in [0.717, 1.165) is 32.4 Å². The molecule has 0 aromatic heterocycles. The quantitative estimate of drug-likeness (QED) is 0.603. The summed E-state index contributed by atoms with van der Waals surface area (Å²) in [5.41, 5.74) is 5.38. The van der Waals surface area contributed by atoms with Gasteiger partial charge in [-0.15, -0.1) is 0 Å². The van der Waals surface area contributed by atoms with Crippen LogP contribution in [0.15, 0.2) is 0 Å². The van der Waals surface area contributed by atoms with Gasteiger partial charge in [0.1, 0.15) is 0 Å². The summed E-state index contributed by atoms with van der Waals surface area (Å²) in [6, 6.07) is 2.78. The fourth-order valence-electron chi connectivity index (χ4n) is 1.75. The summed E-state index contributed by atoms with van der Waals surface area (Å²) in [4.78, 5) is 0. The van der Waals surface area contributed by atoms with Gasteiger partial charge in [-0.05, 0) is 32.4 Å². The zero-order valence-electron chi connectivity index (χ0n) is 7.42. The lowest BCUT2D eigenvalue weighted by atomic mass is 10.1. The van der Waals surface area contributed by atoms with E-state index in [1.165, 1.54) is 6.42 Å². The van der Waals surface area contributed by atoms with Crippen molar-refractivity contribution >= 4 is 0 Å². The first-order chi connectivity index (χ1) is 5.88. The highest BCUT2D eigenvalue weighted by atomic mass is 14.9. The van der Waals surface area contributed by atoms with Crippen LogP contribution in [0.5, 0.6) is 0 Å². The van der Waals surface area contributed by atoms with Crippen LogP contribution in [0.3, 0.4) is 0 Å². The monoisotopic (exact) mass is 167 g/mol. The Kier molecular flexibility index (Phi) is 4.06. The van der Waals surface area contributed by atoms with Crippen LogP contribution < -0.4 is 11.1 Å². The molecule has 0 aromatic carbocycles. The Morgan fingerprint density at radius 3 is 3.00 bits per heavy atom. The maximum absolute atomic E-state index is 8.78. The molecule has 1 aliphatic rings. The SMILES string of the molecule is N#CC1CCCC1NCCCN. The number of nitriles is 1. The van der Waals surface area contributed by atoms with Crippen molar-refractivity contribution in [3.8, 4) is 6.07 Å². The van der Waals surface area contributed by atoms with E-state index in [-0.39, 0.29) is 5.92 Å². The number of hydrogen-bond donors (Lipinski definition) is 2. The third-order valence-corrected chi connectivity index (χ3v) is 2.47. The molecule has 0 bridgehead atoms. The van der Waals surface area contributed by atoms with Crippen molar-refractivity contribution in [3.63, 3.8) is 0 Å². The Balaban J connectivity index is 2.18. The van der Waals surface area contributed by atoms with E-state index >= 15 is 0 Å². The molecule has 0 heterocycles. The molecule has 1 rings (SSSR count). The van der Waals surface area contributed by atoms with Gasteiger partial charge in [0.25, 0.3) is 0 Å². The fraction of sp³-hybridized carbons (Fsp3) is 0.889. The van der Waals surface area contributed by atoms with Gasteiger partial charge in [0.2, 0.25) is 0 Å². The van der Waals surface area contributed by atoms with Crippen molar-refractivity contribution < 1.29 is 0 Å². The Labute approximate surface area is 73.9 Å². The third kappa shape index (κ3) is 2.47. The van der Waals surface area contributed by atoms with Crippen LogP contribution in [0, 0.1) is 17.2 Å². The summed E-state index contributed by atoms with van der Waals surface area (Å²) in [7, 11) is 0. The second kappa shape index (κ2) is 5.13. The first-order valence-electron chi connectivity index (χ1n) is 4.71. The normalized spacial score (nSPS) is 28.7. The van der Waals surface area contributed by atoms with E-state index in [1.807, 2.05) is 0 Å². The summed E-state index contributed by atoms with van der Waals surface area (Å²) in [5.74, 6) is 0.239. The molecule has 1 saturated carbocycles. The van der Waals surface area contributed by atoms with Gasteiger partial charge in [-0.3, -0.25) is 0 Å². The maximum Gasteiger partial charge on any atom is 0.0672 e. The van der Waals surface area contributed by atoms with Gasteiger partial charge in [-0.1, -0.05) is 6.42 Å². The van der Waals surface area contributed by atoms with Crippen LogP contribution >= 0.6 is 0 Å². The minimum Gasteiger partial charge on any atom is -0.330 e. The van der Waals surface area contributed by atoms with Crippen LogP contribution in [0.2, 0.25) is 0 Å². The van der Waals surface area contributed by atoms with Gasteiger partial charge >= 0.3 is 0 Å². The molecule has 0 aliphatic heterocycles. The Hall–Kier alpha value is -0.590. The second-order valence-electron chi connectivity index (χ2n) is 3.37. The molecule has 0 aromatic rings. The van der Waals surface area contributed by atoms with Gasteiger partial charge in [-0.25, -0.2) is 0 Å². The largest absolute Gasteiger partial charge is 0.330 e. The maximum atomic E-state index is 8.78. The summed E-state index contributed by atoms with van der Waals surface area (Å²) >= 11 is 0. The van der Waals surface area contributed by atoms with E-state index in [0.29, 0.717) is 6.04 Å². The van der Waals surface area contributed by atoms with Crippen molar-refractivity contribution in [1.82, 2.24) is 5.32 Å². The first kappa shape index (κ1) is 9.50. The number of hydrogen-bond acceptors (Lipinski definition) is 3. The Morgan fingerprint density at radius 1 is 1.50 bits per heavy atom. The van der Waals surface area contributed by atoms with Crippen LogP contribution in [0.1, 0.15) is 25.7 Å². The van der Waals surface area contributed by atoms with E-state index in [4.69, 9.17) is 11.0 Å². The van der Waals surface area contributed by atoms with Gasteiger partial charge in [0.05, 0.1) is 12.0 Å². The number of nitrogens with two attached hydrogens (primary N) is 1. The van der Waals surface area contributed by atoms with Crippen LogP contribution in [-0.2, 0) is 0 Å². The van der Waals surface area contributed by atoms with Crippen molar-refractivity contribution in [1.29, 1.82) is 5.26 Å². The van der Waals surface area contributed by atoms with Gasteiger partial charge < -0.3 is 11.1 Å². The minimum absolute atomic E-state index is 0.239. The van der Waals surface area contributed by atoms with E-state index in [1.54, 1.807) is 0 Å². The molecule has 2 atom stereocenters. The molecule has 0 amide bonds. The Morgan fingerprint density at radius 2 is 2.33 bits per heavy atom. The highest BCUT2D eigenvalue weighted by molar-refractivity contribution is 4.96. The molecule has 3 heteroatoms. The summed E-state index contributed by atoms with van der Waals surface area (Å²) < 4.78 is 0. The zero-order chi connectivity index (χ0) is 8.81. The van der Waals surface area contributed by atoms with Crippen LogP contribution in [0.25, 0.3) is 0 Å². The molecule has 0 radical (unpaired) electrons. The van der Waals surface area contributed by atoms with Gasteiger partial charge in [0, 0.05) is 6.04 Å². The molecule has 12 heavy (non-hydrogen) atoms. The van der Waals surface area contributed by atoms with Crippen LogP contribution in [-0.4, -0.2) is 19.1 Å². The summed E-state index contributed by atoms with van der Waals surface area (Å²) in [6.07, 6.45) is 4.42. The van der Waals surface area contributed by atoms with E-state index in [2.05, 4.69) is 11.4 Å². The lowest BCUT2D eigenvalue weighted by Gasteiger charge is -2.14. The lowest BCUT2D eigenvalue weighted by molar-refractivity contribution is 0.462. The predicted molar refractivity (Wildman–Crippen MR) is 48.4 cm³/mol. The van der Waals surface area contributed by atoms with Crippen molar-refractivity contribution in [2.75, 3.05) is 13.1 Å². The molecule has 3 N–H and O–H groups in total. The minimum atomic E-state index is 0.239. The molecule has 2 unspecified atom stereocenters. The molecule has 0 spiro atoms. The molecule has 3 nitrogen and oxygen atoms in total. The fourth-order valence-corrected chi connectivity index (χ4v) is 1.75. The molecule has 1 aliphatic carbocycles. The number of nitrogens with zero attached hydrogens (tertiary/aromatic N) is 1. The summed E-state index contributed by atoms with van der Waals surface area (Å²) in [5, 5.41) is 12.2. The topological polar surface area (TPSA) is 61.8 Å². The van der Waals surface area contributed by atoms with Crippen molar-refractivity contribution in [2.24, 2.45) is 11.7 Å². The average Bonchev–Trinajstić information content (AvgIpc) is 2.52. The smallest absolute Gasteiger partial charge is 0.0672 e. The number of nitrogens with one attached hydrogen (secondary N) is 1. The highest BCUT2D eigenvalue weighted by Gasteiger charge is 2.25. The standard InChI is InChI=1S/C9H17N3/c10-5-2-6-12-9-4-1-3-8(9)7-11/h8-9,12H,1-6,10H2. The molecular weight excluding hydrogens is 150 g/mol. The second-order valence-corrected chi connectivity index (χ2v) is 3.37. The summed E-state index contributed by atoms with van der Waals surface area (Å²) in [6.45, 7) is 1.69.